The summed E-state index contributed by atoms with van der Waals surface area (Å²) >= 11 is 0. The molecule has 30 heavy (non-hydrogen) atoms. The van der Waals surface area contributed by atoms with Crippen molar-refractivity contribution in [1.82, 2.24) is 25.3 Å². The van der Waals surface area contributed by atoms with Crippen molar-refractivity contribution in [1.29, 1.82) is 0 Å². The summed E-state index contributed by atoms with van der Waals surface area (Å²) < 4.78 is 41.6. The highest BCUT2D eigenvalue weighted by Crippen LogP contribution is 2.53. The number of H-pyrrole nitrogens is 1. The van der Waals surface area contributed by atoms with Gasteiger partial charge in [0.15, 0.2) is 0 Å². The summed E-state index contributed by atoms with van der Waals surface area (Å²) in [5, 5.41) is 16.0. The molecule has 3 fully saturated rings. The Bertz CT molecular complexity index is 859. The first-order valence-corrected chi connectivity index (χ1v) is 10.2. The minimum atomic E-state index is -4.26. The van der Waals surface area contributed by atoms with Gasteiger partial charge < -0.3 is 14.6 Å². The topological polar surface area (TPSA) is 99.9 Å². The number of piperidine rings is 1. The van der Waals surface area contributed by atoms with Crippen molar-refractivity contribution >= 4 is 11.9 Å². The number of nitrogens with one attached hydrogen (secondary N) is 2. The van der Waals surface area contributed by atoms with Crippen LogP contribution >= 0.6 is 0 Å². The van der Waals surface area contributed by atoms with E-state index in [9.17, 15) is 18.0 Å². The molecule has 0 unspecified atom stereocenters. The molecule has 2 aromatic heterocycles. The fraction of sp³-hybridized carbons (Fsp3) is 0.684. The van der Waals surface area contributed by atoms with E-state index in [4.69, 9.17) is 4.42 Å². The third-order valence-corrected chi connectivity index (χ3v) is 6.12. The number of aromatic amines is 1. The number of alkyl halides is 3. The number of rotatable bonds is 4. The van der Waals surface area contributed by atoms with Crippen molar-refractivity contribution in [2.24, 2.45) is 5.41 Å². The molecule has 0 radical (unpaired) electrons. The van der Waals surface area contributed by atoms with Crippen molar-refractivity contribution in [3.63, 3.8) is 0 Å². The van der Waals surface area contributed by atoms with Crippen LogP contribution in [0, 0.1) is 5.41 Å². The molecule has 1 saturated heterocycles. The second-order valence-electron chi connectivity index (χ2n) is 8.40. The number of anilines is 1. The van der Waals surface area contributed by atoms with Crippen LogP contribution in [0.5, 0.6) is 0 Å². The smallest absolute Gasteiger partial charge is 0.411 e. The Balaban J connectivity index is 0.000000229. The van der Waals surface area contributed by atoms with Gasteiger partial charge in [-0.05, 0) is 50.9 Å². The number of nitrogens with zero attached hydrogens (tertiary/aromatic N) is 4. The van der Waals surface area contributed by atoms with Gasteiger partial charge in [0.25, 0.3) is 0 Å². The molecular formula is C19H29F3N6O2. The summed E-state index contributed by atoms with van der Waals surface area (Å²) in [6, 6.07) is -0.0229. The van der Waals surface area contributed by atoms with Crippen LogP contribution in [0.15, 0.2) is 17.0 Å². The Hall–Kier alpha value is -2.59. The van der Waals surface area contributed by atoms with E-state index in [0.29, 0.717) is 11.4 Å². The lowest BCUT2D eigenvalue weighted by molar-refractivity contribution is -0.138. The molecule has 1 atom stereocenters. The normalized spacial score (nSPS) is 21.0. The molecule has 1 spiro atoms. The monoisotopic (exact) mass is 430 g/mol. The number of carbonyl (C=O) groups is 1. The van der Waals surface area contributed by atoms with Gasteiger partial charge in [-0.2, -0.15) is 18.3 Å². The van der Waals surface area contributed by atoms with E-state index >= 15 is 0 Å². The SMILES string of the molecule is C[C@H](Nc1nnco1)C(=O)N1CCC2(CC1)CC2.FC(F)(F)c1cn[nH]c1C1CC1.[HH].[HH]. The predicted octanol–water partition coefficient (Wildman–Crippen LogP) is 4.07. The summed E-state index contributed by atoms with van der Waals surface area (Å²) in [4.78, 5) is 14.2. The number of aromatic nitrogens is 4. The van der Waals surface area contributed by atoms with Gasteiger partial charge in [-0.25, -0.2) is 0 Å². The third kappa shape index (κ3) is 4.76. The van der Waals surface area contributed by atoms with Gasteiger partial charge >= 0.3 is 12.2 Å². The van der Waals surface area contributed by atoms with E-state index in [1.165, 1.54) is 19.2 Å². The number of amides is 1. The van der Waals surface area contributed by atoms with Crippen LogP contribution in [0.25, 0.3) is 0 Å². The zero-order valence-corrected chi connectivity index (χ0v) is 16.7. The molecule has 3 heterocycles. The van der Waals surface area contributed by atoms with E-state index in [0.717, 1.165) is 45.0 Å². The lowest BCUT2D eigenvalue weighted by Gasteiger charge is -2.33. The van der Waals surface area contributed by atoms with E-state index in [2.05, 4.69) is 25.7 Å². The van der Waals surface area contributed by atoms with E-state index in [1.54, 1.807) is 0 Å². The summed E-state index contributed by atoms with van der Waals surface area (Å²) in [6.45, 7) is 3.59. The fourth-order valence-corrected chi connectivity index (χ4v) is 3.84. The summed E-state index contributed by atoms with van der Waals surface area (Å²) in [7, 11) is 0. The number of likely N-dealkylation sites (tertiary alicyclic amines) is 1. The molecule has 168 valence electrons. The second-order valence-corrected chi connectivity index (χ2v) is 8.40. The first-order valence-electron chi connectivity index (χ1n) is 10.2. The molecule has 11 heteroatoms. The van der Waals surface area contributed by atoms with Gasteiger partial charge in [0.1, 0.15) is 6.04 Å². The zero-order chi connectivity index (χ0) is 21.4. The van der Waals surface area contributed by atoms with Crippen LogP contribution in [0.3, 0.4) is 0 Å². The standard InChI is InChI=1S/C12H18N4O2.C7H7F3N2.2H2/c1-9(14-11-15-13-8-18-11)10(17)16-6-4-12(2-3-12)5-7-16;8-7(9,10)5-3-11-12-6(5)4-1-2-4;;/h8-9H,2-7H2,1H3,(H,14,15);3-4H,1-2H2,(H,11,12);2*1H/t9-;;;/m0.../s1. The Morgan fingerprint density at radius 3 is 2.57 bits per heavy atom. The average molecular weight is 430 g/mol. The maximum atomic E-state index is 12.2. The maximum Gasteiger partial charge on any atom is 0.419 e. The predicted molar refractivity (Wildman–Crippen MR) is 105 cm³/mol. The largest absolute Gasteiger partial charge is 0.419 e. The molecule has 2 saturated carbocycles. The van der Waals surface area contributed by atoms with Gasteiger partial charge in [0, 0.05) is 21.9 Å². The van der Waals surface area contributed by atoms with Crippen molar-refractivity contribution in [3.8, 4) is 0 Å². The van der Waals surface area contributed by atoms with Gasteiger partial charge in [-0.15, -0.1) is 5.10 Å². The number of hydrogen-bond donors (Lipinski definition) is 2. The highest BCUT2D eigenvalue weighted by Gasteiger charge is 2.45. The molecule has 8 nitrogen and oxygen atoms in total. The Morgan fingerprint density at radius 1 is 1.33 bits per heavy atom. The highest BCUT2D eigenvalue weighted by atomic mass is 19.4. The van der Waals surface area contributed by atoms with Gasteiger partial charge in [-0.1, -0.05) is 5.10 Å². The minimum absolute atomic E-state index is 0. The molecule has 2 aromatic rings. The van der Waals surface area contributed by atoms with Crippen LogP contribution in [0.1, 0.15) is 65.5 Å². The van der Waals surface area contributed by atoms with Crippen molar-refractivity contribution in [2.75, 3.05) is 18.4 Å². The van der Waals surface area contributed by atoms with Crippen LogP contribution < -0.4 is 5.32 Å². The molecule has 1 aliphatic heterocycles. The van der Waals surface area contributed by atoms with Crippen LogP contribution in [-0.4, -0.2) is 50.3 Å². The Morgan fingerprint density at radius 2 is 2.03 bits per heavy atom. The summed E-state index contributed by atoms with van der Waals surface area (Å²) in [5.41, 5.74) is 0.243. The highest BCUT2D eigenvalue weighted by molar-refractivity contribution is 5.83. The van der Waals surface area contributed by atoms with Crippen LogP contribution in [-0.2, 0) is 11.0 Å². The number of carbonyl (C=O) groups excluding carboxylic acids is 1. The molecule has 0 aromatic carbocycles. The fourth-order valence-electron chi connectivity index (χ4n) is 3.84. The molecule has 3 aliphatic rings. The van der Waals surface area contributed by atoms with Gasteiger partial charge in [-0.3, -0.25) is 9.89 Å². The lowest BCUT2D eigenvalue weighted by atomic mass is 9.93. The van der Waals surface area contributed by atoms with E-state index in [-0.39, 0.29) is 26.4 Å². The maximum absolute atomic E-state index is 12.2. The third-order valence-electron chi connectivity index (χ3n) is 6.12. The van der Waals surface area contributed by atoms with Crippen LogP contribution in [0.2, 0.25) is 0 Å². The van der Waals surface area contributed by atoms with Gasteiger partial charge in [0.2, 0.25) is 12.3 Å². The number of hydrogen-bond acceptors (Lipinski definition) is 6. The summed E-state index contributed by atoms with van der Waals surface area (Å²) in [6.07, 6.45) is 4.54. The zero-order valence-electron chi connectivity index (χ0n) is 16.7. The molecule has 0 bridgehead atoms. The Labute approximate surface area is 174 Å². The first-order chi connectivity index (χ1) is 14.3. The molecular weight excluding hydrogens is 401 g/mol. The van der Waals surface area contributed by atoms with Crippen molar-refractivity contribution in [2.45, 2.75) is 63.6 Å². The van der Waals surface area contributed by atoms with Crippen molar-refractivity contribution < 1.29 is 25.2 Å². The quantitative estimate of drug-likeness (QED) is 0.759. The second kappa shape index (κ2) is 7.92. The molecule has 2 N–H and O–H groups in total. The molecule has 2 aliphatic carbocycles. The van der Waals surface area contributed by atoms with Crippen LogP contribution in [0.4, 0.5) is 19.2 Å². The van der Waals surface area contributed by atoms with E-state index in [1.807, 2.05) is 11.8 Å². The summed E-state index contributed by atoms with van der Waals surface area (Å²) in [5.74, 6) is 0.174. The lowest BCUT2D eigenvalue weighted by Crippen LogP contribution is -2.45. The van der Waals surface area contributed by atoms with Crippen molar-refractivity contribution in [3.05, 3.63) is 23.8 Å². The Kier molecular flexibility index (Phi) is 5.46. The average Bonchev–Trinajstić information content (AvgIpc) is 3.58. The first kappa shape index (κ1) is 20.7. The molecule has 1 amide bonds. The minimum Gasteiger partial charge on any atom is -0.411 e. The van der Waals surface area contributed by atoms with E-state index < -0.39 is 11.7 Å². The molecule has 5 rings (SSSR count). The number of halogens is 3. The van der Waals surface area contributed by atoms with Gasteiger partial charge in [0.05, 0.1) is 17.5 Å².